The number of alkyl halides is 1. The van der Waals surface area contributed by atoms with Crippen molar-refractivity contribution in [2.75, 3.05) is 25.6 Å². The van der Waals surface area contributed by atoms with Crippen LogP contribution in [-0.2, 0) is 9.53 Å². The van der Waals surface area contributed by atoms with Gasteiger partial charge in [0.05, 0.1) is 13.2 Å². The fourth-order valence-electron chi connectivity index (χ4n) is 1.22. The van der Waals surface area contributed by atoms with Gasteiger partial charge >= 0.3 is 0 Å². The molecule has 1 N–H and O–H groups in total. The minimum absolute atomic E-state index is 0.181. The van der Waals surface area contributed by atoms with Crippen molar-refractivity contribution in [2.24, 2.45) is 5.92 Å². The zero-order valence-electron chi connectivity index (χ0n) is 7.72. The normalized spacial score (nSPS) is 16.7. The molecule has 13 heavy (non-hydrogen) atoms. The molecule has 0 aromatic rings. The Labute approximate surface area is 83.8 Å². The minimum atomic E-state index is 0.181. The number of carbonyl (C=O) groups is 1. The molecule has 1 aliphatic rings. The van der Waals surface area contributed by atoms with Crippen molar-refractivity contribution in [3.63, 3.8) is 0 Å². The fraction of sp³-hybridized carbons (Fsp3) is 0.889. The Morgan fingerprint density at radius 1 is 1.46 bits per heavy atom. The fourth-order valence-corrected chi connectivity index (χ4v) is 1.33. The number of carbonyl (C=O) groups excluding carboxylic acids is 1. The molecule has 0 aromatic carbocycles. The van der Waals surface area contributed by atoms with E-state index in [0.29, 0.717) is 25.6 Å². The Kier molecular flexibility index (Phi) is 5.16. The SMILES string of the molecule is O=C(NCCOCCCl)C1CCC1. The van der Waals surface area contributed by atoms with Crippen LogP contribution in [0.4, 0.5) is 0 Å². The summed E-state index contributed by atoms with van der Waals surface area (Å²) in [5.41, 5.74) is 0. The first kappa shape index (κ1) is 10.8. The maximum Gasteiger partial charge on any atom is 0.223 e. The lowest BCUT2D eigenvalue weighted by Crippen LogP contribution is -2.36. The Morgan fingerprint density at radius 3 is 2.77 bits per heavy atom. The van der Waals surface area contributed by atoms with E-state index in [0.717, 1.165) is 12.8 Å². The van der Waals surface area contributed by atoms with E-state index in [1.165, 1.54) is 6.42 Å². The number of hydrogen-bond donors (Lipinski definition) is 1. The highest BCUT2D eigenvalue weighted by Crippen LogP contribution is 2.25. The maximum atomic E-state index is 11.3. The van der Waals surface area contributed by atoms with Crippen molar-refractivity contribution in [1.82, 2.24) is 5.32 Å². The molecule has 0 unspecified atom stereocenters. The summed E-state index contributed by atoms with van der Waals surface area (Å²) in [4.78, 5) is 11.3. The molecule has 76 valence electrons. The lowest BCUT2D eigenvalue weighted by molar-refractivity contribution is -0.127. The average molecular weight is 206 g/mol. The van der Waals surface area contributed by atoms with Gasteiger partial charge in [-0.25, -0.2) is 0 Å². The zero-order valence-corrected chi connectivity index (χ0v) is 8.48. The lowest BCUT2D eigenvalue weighted by Gasteiger charge is -2.23. The summed E-state index contributed by atoms with van der Waals surface area (Å²) in [6.45, 7) is 1.72. The largest absolute Gasteiger partial charge is 0.378 e. The highest BCUT2D eigenvalue weighted by Gasteiger charge is 2.24. The van der Waals surface area contributed by atoms with Crippen LogP contribution < -0.4 is 5.32 Å². The predicted molar refractivity (Wildman–Crippen MR) is 51.9 cm³/mol. The molecule has 1 rings (SSSR count). The summed E-state index contributed by atoms with van der Waals surface area (Å²) >= 11 is 5.41. The van der Waals surface area contributed by atoms with Crippen LogP contribution in [0.5, 0.6) is 0 Å². The average Bonchev–Trinajstić information content (AvgIpc) is 2.01. The molecule has 0 saturated heterocycles. The van der Waals surface area contributed by atoms with E-state index < -0.39 is 0 Å². The third-order valence-electron chi connectivity index (χ3n) is 2.24. The molecule has 0 bridgehead atoms. The molecule has 4 heteroatoms. The van der Waals surface area contributed by atoms with Crippen LogP contribution in [0.25, 0.3) is 0 Å². The molecule has 0 radical (unpaired) electrons. The highest BCUT2D eigenvalue weighted by molar-refractivity contribution is 6.17. The standard InChI is InChI=1S/C9H16ClNO2/c10-4-6-13-7-5-11-9(12)8-2-1-3-8/h8H,1-7H2,(H,11,12). The molecule has 0 aromatic heterocycles. The first-order valence-corrected chi connectivity index (χ1v) is 5.29. The van der Waals surface area contributed by atoms with Crippen LogP contribution in [0.2, 0.25) is 0 Å². The van der Waals surface area contributed by atoms with Crippen LogP contribution in [0.3, 0.4) is 0 Å². The van der Waals surface area contributed by atoms with E-state index in [9.17, 15) is 4.79 Å². The van der Waals surface area contributed by atoms with Gasteiger partial charge in [0.25, 0.3) is 0 Å². The zero-order chi connectivity index (χ0) is 9.52. The van der Waals surface area contributed by atoms with Crippen molar-refractivity contribution in [1.29, 1.82) is 0 Å². The van der Waals surface area contributed by atoms with Gasteiger partial charge in [-0.3, -0.25) is 4.79 Å². The van der Waals surface area contributed by atoms with Gasteiger partial charge in [-0.2, -0.15) is 0 Å². The Bertz CT molecular complexity index is 160. The van der Waals surface area contributed by atoms with Gasteiger partial charge in [0.15, 0.2) is 0 Å². The molecule has 0 aliphatic heterocycles. The number of hydrogen-bond acceptors (Lipinski definition) is 2. The molecule has 0 spiro atoms. The summed E-state index contributed by atoms with van der Waals surface area (Å²) in [6.07, 6.45) is 3.30. The summed E-state index contributed by atoms with van der Waals surface area (Å²) in [5, 5.41) is 2.84. The lowest BCUT2D eigenvalue weighted by atomic mass is 9.85. The van der Waals surface area contributed by atoms with E-state index in [1.54, 1.807) is 0 Å². The second-order valence-corrected chi connectivity index (χ2v) is 3.60. The Morgan fingerprint density at radius 2 is 2.23 bits per heavy atom. The van der Waals surface area contributed by atoms with Crippen LogP contribution >= 0.6 is 11.6 Å². The van der Waals surface area contributed by atoms with E-state index >= 15 is 0 Å². The first-order chi connectivity index (χ1) is 6.34. The summed E-state index contributed by atoms with van der Waals surface area (Å²) in [7, 11) is 0. The predicted octanol–water partition coefficient (Wildman–Crippen LogP) is 1.16. The van der Waals surface area contributed by atoms with Crippen LogP contribution in [-0.4, -0.2) is 31.5 Å². The van der Waals surface area contributed by atoms with Crippen LogP contribution in [0.1, 0.15) is 19.3 Å². The summed E-state index contributed by atoms with van der Waals surface area (Å²) in [5.74, 6) is 0.963. The Hall–Kier alpha value is -0.280. The minimum Gasteiger partial charge on any atom is -0.378 e. The molecular formula is C9H16ClNO2. The van der Waals surface area contributed by atoms with E-state index in [4.69, 9.17) is 16.3 Å². The Balaban J connectivity index is 1.89. The van der Waals surface area contributed by atoms with Crippen LogP contribution in [0.15, 0.2) is 0 Å². The molecule has 1 saturated carbocycles. The van der Waals surface area contributed by atoms with Gasteiger partial charge in [0, 0.05) is 18.3 Å². The highest BCUT2D eigenvalue weighted by atomic mass is 35.5. The van der Waals surface area contributed by atoms with Gasteiger partial charge in [0.2, 0.25) is 5.91 Å². The number of rotatable bonds is 6. The van der Waals surface area contributed by atoms with Gasteiger partial charge in [0.1, 0.15) is 0 Å². The molecule has 0 atom stereocenters. The smallest absolute Gasteiger partial charge is 0.223 e. The van der Waals surface area contributed by atoms with E-state index in [2.05, 4.69) is 5.32 Å². The molecule has 0 heterocycles. The van der Waals surface area contributed by atoms with Gasteiger partial charge < -0.3 is 10.1 Å². The van der Waals surface area contributed by atoms with Gasteiger partial charge in [-0.05, 0) is 12.8 Å². The van der Waals surface area contributed by atoms with Crippen molar-refractivity contribution >= 4 is 17.5 Å². The topological polar surface area (TPSA) is 38.3 Å². The molecular weight excluding hydrogens is 190 g/mol. The maximum absolute atomic E-state index is 11.3. The quantitative estimate of drug-likeness (QED) is 0.522. The second-order valence-electron chi connectivity index (χ2n) is 3.22. The monoisotopic (exact) mass is 205 g/mol. The summed E-state index contributed by atoms with van der Waals surface area (Å²) in [6, 6.07) is 0. The molecule has 1 amide bonds. The summed E-state index contributed by atoms with van der Waals surface area (Å²) < 4.78 is 5.12. The molecule has 3 nitrogen and oxygen atoms in total. The van der Waals surface area contributed by atoms with Crippen molar-refractivity contribution in [3.05, 3.63) is 0 Å². The van der Waals surface area contributed by atoms with E-state index in [-0.39, 0.29) is 11.8 Å². The van der Waals surface area contributed by atoms with Gasteiger partial charge in [-0.1, -0.05) is 6.42 Å². The van der Waals surface area contributed by atoms with Crippen molar-refractivity contribution in [3.8, 4) is 0 Å². The molecule has 1 fully saturated rings. The number of halogens is 1. The first-order valence-electron chi connectivity index (χ1n) is 4.76. The van der Waals surface area contributed by atoms with E-state index in [1.807, 2.05) is 0 Å². The van der Waals surface area contributed by atoms with Crippen molar-refractivity contribution in [2.45, 2.75) is 19.3 Å². The number of amides is 1. The number of ether oxygens (including phenoxy) is 1. The van der Waals surface area contributed by atoms with Gasteiger partial charge in [-0.15, -0.1) is 11.6 Å². The second kappa shape index (κ2) is 6.22. The third-order valence-corrected chi connectivity index (χ3v) is 2.40. The van der Waals surface area contributed by atoms with Crippen molar-refractivity contribution < 1.29 is 9.53 Å². The molecule has 1 aliphatic carbocycles. The van der Waals surface area contributed by atoms with Crippen LogP contribution in [0, 0.1) is 5.92 Å². The number of nitrogens with one attached hydrogen (secondary N) is 1. The third kappa shape index (κ3) is 3.96.